The lowest BCUT2D eigenvalue weighted by Crippen LogP contribution is -2.40. The van der Waals surface area contributed by atoms with E-state index >= 15 is 0 Å². The second-order valence-electron chi connectivity index (χ2n) is 7.75. The highest BCUT2D eigenvalue weighted by Gasteiger charge is 2.31. The van der Waals surface area contributed by atoms with Gasteiger partial charge in [-0.15, -0.1) is 0 Å². The van der Waals surface area contributed by atoms with Crippen LogP contribution in [0.3, 0.4) is 0 Å². The lowest BCUT2D eigenvalue weighted by atomic mass is 9.99. The number of amides is 1. The third-order valence-electron chi connectivity index (χ3n) is 5.36. The van der Waals surface area contributed by atoms with Gasteiger partial charge in [0.15, 0.2) is 0 Å². The van der Waals surface area contributed by atoms with Crippen molar-refractivity contribution in [1.29, 1.82) is 0 Å². The number of benzene rings is 1. The molecule has 0 aromatic heterocycles. The number of rotatable bonds is 3. The van der Waals surface area contributed by atoms with Crippen LogP contribution >= 0.6 is 11.6 Å². The first-order valence-electron chi connectivity index (χ1n) is 9.38. The first-order valence-corrected chi connectivity index (χ1v) is 11.2. The summed E-state index contributed by atoms with van der Waals surface area (Å²) < 4.78 is 27.6. The molecular formula is C19H27ClN2O3S. The van der Waals surface area contributed by atoms with Gasteiger partial charge in [0.05, 0.1) is 5.02 Å². The fourth-order valence-electron chi connectivity index (χ4n) is 3.89. The maximum Gasteiger partial charge on any atom is 0.253 e. The van der Waals surface area contributed by atoms with Gasteiger partial charge < -0.3 is 4.90 Å². The Hall–Kier alpha value is -1.11. The number of hydrogen-bond acceptors (Lipinski definition) is 3. The molecule has 0 spiro atoms. The Morgan fingerprint density at radius 2 is 1.73 bits per heavy atom. The molecule has 7 heteroatoms. The molecule has 1 amide bonds. The highest BCUT2D eigenvalue weighted by atomic mass is 35.5. The van der Waals surface area contributed by atoms with Crippen LogP contribution in [-0.2, 0) is 10.0 Å². The van der Waals surface area contributed by atoms with Crippen LogP contribution in [0.2, 0.25) is 5.02 Å². The molecule has 0 N–H and O–H groups in total. The number of likely N-dealkylation sites (tertiary alicyclic amines) is 1. The molecule has 2 heterocycles. The van der Waals surface area contributed by atoms with E-state index in [9.17, 15) is 13.2 Å². The van der Waals surface area contributed by atoms with E-state index in [1.165, 1.54) is 16.4 Å². The van der Waals surface area contributed by atoms with Crippen molar-refractivity contribution in [3.8, 4) is 0 Å². The van der Waals surface area contributed by atoms with E-state index in [-0.39, 0.29) is 15.8 Å². The topological polar surface area (TPSA) is 57.7 Å². The summed E-state index contributed by atoms with van der Waals surface area (Å²) >= 11 is 6.22. The van der Waals surface area contributed by atoms with Crippen molar-refractivity contribution in [1.82, 2.24) is 9.21 Å². The molecule has 1 aromatic rings. The molecule has 0 aliphatic carbocycles. The Morgan fingerprint density at radius 1 is 1.08 bits per heavy atom. The normalized spacial score (nSPS) is 25.3. The monoisotopic (exact) mass is 398 g/mol. The highest BCUT2D eigenvalue weighted by Crippen LogP contribution is 2.30. The molecule has 0 bridgehead atoms. The van der Waals surface area contributed by atoms with Gasteiger partial charge in [0.2, 0.25) is 10.0 Å². The summed E-state index contributed by atoms with van der Waals surface area (Å²) in [5.41, 5.74) is 0.395. The summed E-state index contributed by atoms with van der Waals surface area (Å²) in [6.07, 6.45) is 3.99. The molecular weight excluding hydrogens is 372 g/mol. The first kappa shape index (κ1) is 19.6. The van der Waals surface area contributed by atoms with Crippen molar-refractivity contribution < 1.29 is 13.2 Å². The molecule has 1 aromatic carbocycles. The maximum absolute atomic E-state index is 13.1. The zero-order valence-corrected chi connectivity index (χ0v) is 17.0. The van der Waals surface area contributed by atoms with Gasteiger partial charge in [-0.1, -0.05) is 25.4 Å². The summed E-state index contributed by atoms with van der Waals surface area (Å²) in [4.78, 5) is 14.7. The molecule has 2 fully saturated rings. The lowest BCUT2D eigenvalue weighted by Gasteiger charge is -2.32. The van der Waals surface area contributed by atoms with Crippen molar-refractivity contribution in [2.75, 3.05) is 26.2 Å². The van der Waals surface area contributed by atoms with Crippen molar-refractivity contribution >= 4 is 27.5 Å². The van der Waals surface area contributed by atoms with E-state index in [0.717, 1.165) is 32.2 Å². The van der Waals surface area contributed by atoms with E-state index in [1.54, 1.807) is 6.07 Å². The molecule has 5 nitrogen and oxygen atoms in total. The van der Waals surface area contributed by atoms with Crippen molar-refractivity contribution in [3.05, 3.63) is 28.8 Å². The number of hydrogen-bond donors (Lipinski definition) is 0. The second kappa shape index (κ2) is 7.87. The minimum atomic E-state index is -3.69. The van der Waals surface area contributed by atoms with Crippen LogP contribution in [0.15, 0.2) is 23.1 Å². The van der Waals surface area contributed by atoms with Crippen LogP contribution in [-0.4, -0.2) is 49.7 Å². The van der Waals surface area contributed by atoms with Crippen LogP contribution in [0.25, 0.3) is 0 Å². The number of halogens is 1. The van der Waals surface area contributed by atoms with Gasteiger partial charge in [0, 0.05) is 31.7 Å². The summed E-state index contributed by atoms with van der Waals surface area (Å²) in [7, 11) is -3.69. The minimum absolute atomic E-state index is 0.0455. The third kappa shape index (κ3) is 4.07. The number of carbonyl (C=O) groups is 1. The van der Waals surface area contributed by atoms with Crippen LogP contribution in [0, 0.1) is 11.8 Å². The largest absolute Gasteiger partial charge is 0.338 e. The molecule has 0 radical (unpaired) electrons. The van der Waals surface area contributed by atoms with E-state index in [1.807, 2.05) is 4.90 Å². The molecule has 3 rings (SSSR count). The van der Waals surface area contributed by atoms with Crippen molar-refractivity contribution in [3.63, 3.8) is 0 Å². The van der Waals surface area contributed by atoms with Crippen LogP contribution in [0.1, 0.15) is 49.9 Å². The number of sulfonamides is 1. The van der Waals surface area contributed by atoms with Crippen LogP contribution in [0.4, 0.5) is 0 Å². The maximum atomic E-state index is 13.1. The third-order valence-corrected chi connectivity index (χ3v) is 7.71. The Balaban J connectivity index is 1.88. The van der Waals surface area contributed by atoms with E-state index in [0.29, 0.717) is 37.0 Å². The first-order chi connectivity index (χ1) is 12.3. The van der Waals surface area contributed by atoms with Gasteiger partial charge in [-0.3, -0.25) is 4.79 Å². The van der Waals surface area contributed by atoms with Gasteiger partial charge in [-0.25, -0.2) is 8.42 Å². The molecule has 26 heavy (non-hydrogen) atoms. The van der Waals surface area contributed by atoms with Crippen molar-refractivity contribution in [2.24, 2.45) is 11.8 Å². The smallest absolute Gasteiger partial charge is 0.253 e. The van der Waals surface area contributed by atoms with Gasteiger partial charge in [-0.05, 0) is 55.7 Å². The second-order valence-corrected chi connectivity index (χ2v) is 10.1. The van der Waals surface area contributed by atoms with Gasteiger partial charge >= 0.3 is 0 Å². The number of piperidine rings is 2. The zero-order chi connectivity index (χ0) is 18.9. The molecule has 2 atom stereocenters. The molecule has 2 saturated heterocycles. The van der Waals surface area contributed by atoms with Crippen molar-refractivity contribution in [2.45, 2.75) is 44.4 Å². The van der Waals surface area contributed by atoms with Crippen LogP contribution in [0.5, 0.6) is 0 Å². The summed E-state index contributed by atoms with van der Waals surface area (Å²) in [6.45, 7) is 6.63. The molecule has 2 aliphatic rings. The van der Waals surface area contributed by atoms with Gasteiger partial charge in [0.25, 0.3) is 5.91 Å². The van der Waals surface area contributed by atoms with Gasteiger partial charge in [0.1, 0.15) is 4.90 Å². The molecule has 144 valence electrons. The average Bonchev–Trinajstić information content (AvgIpc) is 2.61. The fraction of sp³-hybridized carbons (Fsp3) is 0.632. The SMILES string of the molecule is CC1CCCN(C(=O)c2ccc(Cl)c(S(=O)(=O)N3CCCC(C)C3)c2)C1. The predicted molar refractivity (Wildman–Crippen MR) is 103 cm³/mol. The molecule has 2 unspecified atom stereocenters. The zero-order valence-electron chi connectivity index (χ0n) is 15.4. The standard InChI is InChI=1S/C19H27ClN2O3S/c1-14-5-3-9-21(12-14)19(23)16-7-8-17(20)18(11-16)26(24,25)22-10-4-6-15(2)13-22/h7-8,11,14-15H,3-6,9-10,12-13H2,1-2H3. The number of carbonyl (C=O) groups excluding carboxylic acids is 1. The van der Waals surface area contributed by atoms with E-state index in [2.05, 4.69) is 13.8 Å². The molecule has 0 saturated carbocycles. The lowest BCUT2D eigenvalue weighted by molar-refractivity contribution is 0.0683. The van der Waals surface area contributed by atoms with E-state index < -0.39 is 10.0 Å². The number of nitrogens with zero attached hydrogens (tertiary/aromatic N) is 2. The summed E-state index contributed by atoms with van der Waals surface area (Å²) in [5, 5.41) is 0.173. The Bertz CT molecular complexity index is 781. The Morgan fingerprint density at radius 3 is 2.38 bits per heavy atom. The summed E-state index contributed by atoms with van der Waals surface area (Å²) in [6, 6.07) is 4.61. The Kier molecular flexibility index (Phi) is 5.94. The average molecular weight is 399 g/mol. The highest BCUT2D eigenvalue weighted by molar-refractivity contribution is 7.89. The molecule has 2 aliphatic heterocycles. The summed E-state index contributed by atoms with van der Waals surface area (Å²) in [5.74, 6) is 0.687. The van der Waals surface area contributed by atoms with Gasteiger partial charge in [-0.2, -0.15) is 4.31 Å². The minimum Gasteiger partial charge on any atom is -0.338 e. The Labute approximate surface area is 161 Å². The quantitative estimate of drug-likeness (QED) is 0.781. The predicted octanol–water partition coefficient (Wildman–Crippen LogP) is 3.63. The fourth-order valence-corrected chi connectivity index (χ4v) is 5.99. The van der Waals surface area contributed by atoms with Crippen LogP contribution < -0.4 is 0 Å². The van der Waals surface area contributed by atoms with E-state index in [4.69, 9.17) is 11.6 Å².